The molecule has 0 unspecified atom stereocenters. The maximum Gasteiger partial charge on any atom is 0.340 e. The zero-order valence-corrected chi connectivity index (χ0v) is 10.4. The van der Waals surface area contributed by atoms with E-state index in [-0.39, 0.29) is 18.6 Å². The van der Waals surface area contributed by atoms with Crippen molar-refractivity contribution in [3.05, 3.63) is 0 Å². The number of anilines is 1. The van der Waals surface area contributed by atoms with Crippen LogP contribution in [0.4, 0.5) is 23.5 Å². The van der Waals surface area contributed by atoms with Gasteiger partial charge in [-0.15, -0.1) is 4.98 Å². The Hall–Kier alpha value is -1.91. The van der Waals surface area contributed by atoms with Crippen LogP contribution in [0.2, 0.25) is 0 Å². The molecule has 0 aliphatic heterocycles. The summed E-state index contributed by atoms with van der Waals surface area (Å²) in [7, 11) is 0. The molecule has 1 rings (SSSR count). The maximum absolute atomic E-state index is 12.7. The molecule has 0 saturated heterocycles. The van der Waals surface area contributed by atoms with Crippen molar-refractivity contribution >= 4 is 5.95 Å². The molecule has 0 aliphatic rings. The molecule has 1 aromatic rings. The number of nitrogens with two attached hydrogens (primary N) is 1. The lowest BCUT2D eigenvalue weighted by Crippen LogP contribution is -2.34. The first kappa shape index (κ1) is 16.1. The van der Waals surface area contributed by atoms with Gasteiger partial charge in [0.1, 0.15) is 0 Å². The number of hydrogen-bond donors (Lipinski definition) is 2. The third-order valence-corrected chi connectivity index (χ3v) is 1.87. The number of nitrogens with zero attached hydrogens (tertiary/aromatic N) is 3. The molecule has 20 heavy (non-hydrogen) atoms. The van der Waals surface area contributed by atoms with Crippen LogP contribution in [-0.4, -0.2) is 40.5 Å². The van der Waals surface area contributed by atoms with E-state index >= 15 is 0 Å². The van der Waals surface area contributed by atoms with Crippen LogP contribution in [0, 0.1) is 0 Å². The van der Waals surface area contributed by atoms with Gasteiger partial charge in [-0.3, -0.25) is 5.43 Å². The van der Waals surface area contributed by atoms with Gasteiger partial charge in [-0.2, -0.15) is 18.7 Å². The van der Waals surface area contributed by atoms with Gasteiger partial charge in [-0.25, -0.2) is 14.6 Å². The van der Waals surface area contributed by atoms with Gasteiger partial charge in [0.05, 0.1) is 6.61 Å². The van der Waals surface area contributed by atoms with Crippen LogP contribution in [0.5, 0.6) is 12.0 Å². The average Bonchev–Trinajstić information content (AvgIpc) is 2.42. The van der Waals surface area contributed by atoms with Crippen LogP contribution in [0.3, 0.4) is 0 Å². The average molecular weight is 299 g/mol. The van der Waals surface area contributed by atoms with E-state index in [4.69, 9.17) is 10.6 Å². The van der Waals surface area contributed by atoms with E-state index < -0.39 is 25.0 Å². The molecule has 11 heteroatoms. The number of halogens is 4. The number of ether oxygens (including phenoxy) is 2. The van der Waals surface area contributed by atoms with Gasteiger partial charge in [-0.1, -0.05) is 6.92 Å². The van der Waals surface area contributed by atoms with Crippen molar-refractivity contribution in [3.8, 4) is 12.0 Å². The number of hydrogen-bond acceptors (Lipinski definition) is 7. The predicted octanol–water partition coefficient (Wildman–Crippen LogP) is 1.23. The number of rotatable bonds is 8. The molecule has 0 bridgehead atoms. The Morgan fingerprint density at radius 3 is 2.30 bits per heavy atom. The van der Waals surface area contributed by atoms with E-state index in [1.807, 2.05) is 12.3 Å². The smallest absolute Gasteiger partial charge is 0.340 e. The minimum atomic E-state index is -4.31. The molecule has 0 fully saturated rings. The molecule has 3 N–H and O–H groups in total. The molecule has 0 aromatic carbocycles. The second-order valence-electron chi connectivity index (χ2n) is 3.57. The van der Waals surface area contributed by atoms with E-state index in [9.17, 15) is 17.6 Å². The van der Waals surface area contributed by atoms with Crippen molar-refractivity contribution < 1.29 is 27.0 Å². The van der Waals surface area contributed by atoms with Gasteiger partial charge >= 0.3 is 24.4 Å². The van der Waals surface area contributed by atoms with Crippen LogP contribution in [0.1, 0.15) is 13.3 Å². The van der Waals surface area contributed by atoms with Crippen molar-refractivity contribution in [1.29, 1.82) is 0 Å². The largest absolute Gasteiger partial charge is 0.463 e. The first-order valence-electron chi connectivity index (χ1n) is 5.53. The second kappa shape index (κ2) is 7.03. The Balaban J connectivity index is 2.78. The van der Waals surface area contributed by atoms with E-state index in [2.05, 4.69) is 19.7 Å². The lowest BCUT2D eigenvalue weighted by atomic mass is 10.4. The zero-order chi connectivity index (χ0) is 15.2. The molecule has 1 heterocycles. The summed E-state index contributed by atoms with van der Waals surface area (Å²) in [6.07, 6.45) is -3.20. The number of nitrogens with one attached hydrogen (secondary N) is 1. The fourth-order valence-corrected chi connectivity index (χ4v) is 0.949. The van der Waals surface area contributed by atoms with E-state index in [1.165, 1.54) is 0 Å². The highest BCUT2D eigenvalue weighted by Gasteiger charge is 2.42. The number of nitrogen functional groups attached to an aromatic ring is 1. The van der Waals surface area contributed by atoms with Crippen molar-refractivity contribution in [2.24, 2.45) is 5.84 Å². The standard InChI is InChI=1S/C9H13F4N5O2/c1-2-3-19-7-15-6(18-14)16-8(17-7)20-4-9(12,13)5(10)11/h5H,2-4,14H2,1H3,(H,15,16,17,18). The summed E-state index contributed by atoms with van der Waals surface area (Å²) in [4.78, 5) is 10.7. The minimum absolute atomic E-state index is 0.207. The van der Waals surface area contributed by atoms with Crippen LogP contribution >= 0.6 is 0 Å². The molecular formula is C9H13F4N5O2. The normalized spacial score (nSPS) is 11.6. The molecule has 0 amide bonds. The first-order chi connectivity index (χ1) is 9.39. The van der Waals surface area contributed by atoms with Crippen molar-refractivity contribution in [2.45, 2.75) is 25.7 Å². The molecular weight excluding hydrogens is 286 g/mol. The highest BCUT2D eigenvalue weighted by Crippen LogP contribution is 2.23. The van der Waals surface area contributed by atoms with Gasteiger partial charge < -0.3 is 9.47 Å². The Bertz CT molecular complexity index is 435. The van der Waals surface area contributed by atoms with Crippen LogP contribution in [-0.2, 0) is 0 Å². The highest BCUT2D eigenvalue weighted by molar-refractivity contribution is 5.25. The number of aromatic nitrogens is 3. The zero-order valence-electron chi connectivity index (χ0n) is 10.4. The summed E-state index contributed by atoms with van der Waals surface area (Å²) in [5.41, 5.74) is 2.05. The lowest BCUT2D eigenvalue weighted by Gasteiger charge is -2.15. The van der Waals surface area contributed by atoms with Crippen LogP contribution < -0.4 is 20.7 Å². The summed E-state index contributed by atoms with van der Waals surface area (Å²) in [6, 6.07) is -0.815. The van der Waals surface area contributed by atoms with Gasteiger partial charge in [0.15, 0.2) is 6.61 Å². The van der Waals surface area contributed by atoms with E-state index in [1.54, 1.807) is 0 Å². The molecule has 0 aliphatic carbocycles. The first-order valence-corrected chi connectivity index (χ1v) is 5.53. The second-order valence-corrected chi connectivity index (χ2v) is 3.57. The minimum Gasteiger partial charge on any atom is -0.463 e. The third kappa shape index (κ3) is 4.64. The third-order valence-electron chi connectivity index (χ3n) is 1.87. The SMILES string of the molecule is CCCOc1nc(NN)nc(OCC(F)(F)C(F)F)n1. The van der Waals surface area contributed by atoms with Crippen molar-refractivity contribution in [3.63, 3.8) is 0 Å². The Morgan fingerprint density at radius 2 is 1.80 bits per heavy atom. The van der Waals surface area contributed by atoms with Gasteiger partial charge in [-0.05, 0) is 6.42 Å². The molecule has 0 saturated carbocycles. The Morgan fingerprint density at radius 1 is 1.20 bits per heavy atom. The Kier molecular flexibility index (Phi) is 5.67. The fourth-order valence-electron chi connectivity index (χ4n) is 0.949. The van der Waals surface area contributed by atoms with E-state index in [0.717, 1.165) is 0 Å². The van der Waals surface area contributed by atoms with Gasteiger partial charge in [0, 0.05) is 0 Å². The molecule has 0 atom stereocenters. The summed E-state index contributed by atoms with van der Waals surface area (Å²) in [5.74, 6) is 0.545. The topological polar surface area (TPSA) is 95.2 Å². The summed E-state index contributed by atoms with van der Waals surface area (Å²) in [5, 5.41) is 0. The summed E-state index contributed by atoms with van der Waals surface area (Å²) >= 11 is 0. The van der Waals surface area contributed by atoms with E-state index in [0.29, 0.717) is 6.42 Å². The van der Waals surface area contributed by atoms with Gasteiger partial charge in [0.25, 0.3) is 0 Å². The van der Waals surface area contributed by atoms with Crippen LogP contribution in [0.15, 0.2) is 0 Å². The van der Waals surface area contributed by atoms with Crippen LogP contribution in [0.25, 0.3) is 0 Å². The highest BCUT2D eigenvalue weighted by atomic mass is 19.3. The van der Waals surface area contributed by atoms with Gasteiger partial charge in [0.2, 0.25) is 5.95 Å². The fraction of sp³-hybridized carbons (Fsp3) is 0.667. The predicted molar refractivity (Wildman–Crippen MR) is 59.9 cm³/mol. The quantitative estimate of drug-likeness (QED) is 0.423. The summed E-state index contributed by atoms with van der Waals surface area (Å²) < 4.78 is 58.8. The molecule has 114 valence electrons. The maximum atomic E-state index is 12.7. The lowest BCUT2D eigenvalue weighted by molar-refractivity contribution is -0.149. The summed E-state index contributed by atoms with van der Waals surface area (Å²) in [6.45, 7) is 0.510. The van der Waals surface area contributed by atoms with Crippen molar-refractivity contribution in [2.75, 3.05) is 18.6 Å². The molecule has 0 radical (unpaired) electrons. The molecule has 1 aromatic heterocycles. The molecule has 0 spiro atoms. The Labute approximate surface area is 111 Å². The molecule has 7 nitrogen and oxygen atoms in total. The number of hydrazine groups is 1. The van der Waals surface area contributed by atoms with Crippen molar-refractivity contribution in [1.82, 2.24) is 15.0 Å². The number of alkyl halides is 4. The monoisotopic (exact) mass is 299 g/mol.